The van der Waals surface area contributed by atoms with Crippen LogP contribution in [-0.2, 0) is 11.3 Å². The summed E-state index contributed by atoms with van der Waals surface area (Å²) in [7, 11) is 0. The molecule has 0 amide bonds. The van der Waals surface area contributed by atoms with E-state index in [9.17, 15) is 14.7 Å². The van der Waals surface area contributed by atoms with Crippen molar-refractivity contribution >= 4 is 5.97 Å². The first-order chi connectivity index (χ1) is 9.11. The van der Waals surface area contributed by atoms with Crippen LogP contribution >= 0.6 is 0 Å². The van der Waals surface area contributed by atoms with Gasteiger partial charge in [-0.25, -0.2) is 9.78 Å². The first-order valence-corrected chi connectivity index (χ1v) is 6.62. The van der Waals surface area contributed by atoms with Crippen LogP contribution < -0.4 is 5.56 Å². The average Bonchev–Trinajstić information content (AvgIpc) is 2.78. The molecule has 0 spiro atoms. The van der Waals surface area contributed by atoms with Crippen LogP contribution in [0.5, 0.6) is 5.75 Å². The first kappa shape index (κ1) is 12.2. The molecule has 6 nitrogen and oxygen atoms in total. The molecule has 1 saturated carbocycles. The molecule has 102 valence electrons. The number of fused-ring (bicyclic) bond motifs is 4. The fourth-order valence-electron chi connectivity index (χ4n) is 3.12. The number of rotatable bonds is 2. The summed E-state index contributed by atoms with van der Waals surface area (Å²) < 4.78 is 6.34. The molecule has 1 aliphatic heterocycles. The van der Waals surface area contributed by atoms with E-state index in [1.165, 1.54) is 4.57 Å². The summed E-state index contributed by atoms with van der Waals surface area (Å²) in [5.74, 6) is 0.00814. The van der Waals surface area contributed by atoms with Gasteiger partial charge in [-0.3, -0.25) is 9.36 Å². The number of carbonyl (C=O) groups excluding carboxylic acids is 1. The number of hydrogen-bond donors (Lipinski definition) is 1. The third-order valence-corrected chi connectivity index (χ3v) is 3.99. The maximum atomic E-state index is 12.1. The number of aromatic nitrogens is 2. The summed E-state index contributed by atoms with van der Waals surface area (Å²) in [6.07, 6.45) is 3.08. The van der Waals surface area contributed by atoms with Gasteiger partial charge in [-0.15, -0.1) is 0 Å². The molecule has 2 aliphatic rings. The number of esters is 1. The second kappa shape index (κ2) is 4.36. The molecule has 0 aromatic carbocycles. The Morgan fingerprint density at radius 1 is 1.53 bits per heavy atom. The molecular formula is C13H16N2O4. The minimum absolute atomic E-state index is 0.184. The Morgan fingerprint density at radius 3 is 3.05 bits per heavy atom. The molecule has 2 bridgehead atoms. The van der Waals surface area contributed by atoms with E-state index in [4.69, 9.17) is 4.74 Å². The summed E-state index contributed by atoms with van der Waals surface area (Å²) >= 11 is 0. The minimum atomic E-state index is -0.736. The molecule has 6 heteroatoms. The highest BCUT2D eigenvalue weighted by Gasteiger charge is 2.36. The van der Waals surface area contributed by atoms with Gasteiger partial charge in [0, 0.05) is 12.5 Å². The van der Waals surface area contributed by atoms with E-state index >= 15 is 0 Å². The summed E-state index contributed by atoms with van der Waals surface area (Å²) in [5, 5.41) is 9.85. The van der Waals surface area contributed by atoms with Crippen molar-refractivity contribution in [2.45, 2.75) is 38.6 Å². The average molecular weight is 264 g/mol. The third kappa shape index (κ3) is 1.82. The number of hydrogen-bond acceptors (Lipinski definition) is 5. The molecule has 3 rings (SSSR count). The van der Waals surface area contributed by atoms with Gasteiger partial charge in [-0.2, -0.15) is 0 Å². The molecule has 1 aliphatic carbocycles. The number of nitrogens with zero attached hydrogens (tertiary/aromatic N) is 2. The van der Waals surface area contributed by atoms with Gasteiger partial charge in [0.15, 0.2) is 5.69 Å². The lowest BCUT2D eigenvalue weighted by Gasteiger charge is -2.24. The molecule has 19 heavy (non-hydrogen) atoms. The Balaban J connectivity index is 2.12. The monoisotopic (exact) mass is 264 g/mol. The zero-order valence-electron chi connectivity index (χ0n) is 10.8. The molecule has 1 N–H and O–H groups in total. The fraction of sp³-hybridized carbons (Fsp3) is 0.615. The van der Waals surface area contributed by atoms with Crippen molar-refractivity contribution in [3.63, 3.8) is 0 Å². The van der Waals surface area contributed by atoms with E-state index in [2.05, 4.69) is 4.98 Å². The molecular weight excluding hydrogens is 248 g/mol. The SMILES string of the molecule is CCOC(=O)c1nc2n(c(=O)c1O)CC1CCC2C1. The second-order valence-electron chi connectivity index (χ2n) is 5.18. The summed E-state index contributed by atoms with van der Waals surface area (Å²) in [5.41, 5.74) is -0.770. The van der Waals surface area contributed by atoms with Gasteiger partial charge < -0.3 is 9.84 Å². The molecule has 1 aromatic heterocycles. The Hall–Kier alpha value is -1.85. The molecule has 2 heterocycles. The van der Waals surface area contributed by atoms with Crippen molar-refractivity contribution in [2.75, 3.05) is 6.61 Å². The topological polar surface area (TPSA) is 81.4 Å². The fourth-order valence-corrected chi connectivity index (χ4v) is 3.12. The quantitative estimate of drug-likeness (QED) is 0.807. The van der Waals surface area contributed by atoms with Crippen molar-refractivity contribution < 1.29 is 14.6 Å². The molecule has 1 aromatic rings. The van der Waals surface area contributed by atoms with Crippen LogP contribution in [0.1, 0.15) is 48.4 Å². The Kier molecular flexibility index (Phi) is 2.80. The van der Waals surface area contributed by atoms with E-state index in [0.29, 0.717) is 18.3 Å². The number of aromatic hydroxyl groups is 1. The van der Waals surface area contributed by atoms with Crippen LogP contribution in [0.2, 0.25) is 0 Å². The number of carbonyl (C=O) groups is 1. The van der Waals surface area contributed by atoms with Crippen molar-refractivity contribution in [1.29, 1.82) is 0 Å². The van der Waals surface area contributed by atoms with Gasteiger partial charge >= 0.3 is 5.97 Å². The number of ether oxygens (including phenoxy) is 1. The molecule has 0 saturated heterocycles. The predicted molar refractivity (Wildman–Crippen MR) is 66.2 cm³/mol. The van der Waals surface area contributed by atoms with Crippen LogP contribution in [0.3, 0.4) is 0 Å². The highest BCUT2D eigenvalue weighted by atomic mass is 16.5. The van der Waals surface area contributed by atoms with Crippen molar-refractivity contribution in [1.82, 2.24) is 9.55 Å². The Morgan fingerprint density at radius 2 is 2.32 bits per heavy atom. The van der Waals surface area contributed by atoms with E-state index in [1.807, 2.05) is 0 Å². The third-order valence-electron chi connectivity index (χ3n) is 3.99. The molecule has 2 unspecified atom stereocenters. The highest BCUT2D eigenvalue weighted by Crippen LogP contribution is 2.42. The summed E-state index contributed by atoms with van der Waals surface area (Å²) in [4.78, 5) is 28.1. The van der Waals surface area contributed by atoms with Crippen LogP contribution in [0.15, 0.2) is 4.79 Å². The zero-order chi connectivity index (χ0) is 13.6. The molecule has 2 atom stereocenters. The lowest BCUT2D eigenvalue weighted by atomic mass is 9.99. The van der Waals surface area contributed by atoms with Gasteiger partial charge in [0.25, 0.3) is 5.56 Å². The second-order valence-corrected chi connectivity index (χ2v) is 5.18. The highest BCUT2D eigenvalue weighted by molar-refractivity contribution is 5.90. The van der Waals surface area contributed by atoms with Crippen LogP contribution in [0.25, 0.3) is 0 Å². The van der Waals surface area contributed by atoms with E-state index in [1.54, 1.807) is 6.92 Å². The van der Waals surface area contributed by atoms with Crippen molar-refractivity contribution in [3.05, 3.63) is 21.9 Å². The maximum Gasteiger partial charge on any atom is 0.361 e. The van der Waals surface area contributed by atoms with Gasteiger partial charge in [0.05, 0.1) is 6.61 Å². The molecule has 1 fully saturated rings. The lowest BCUT2D eigenvalue weighted by Crippen LogP contribution is -2.33. The molecule has 0 radical (unpaired) electrons. The Labute approximate surface area is 110 Å². The Bertz CT molecular complexity index is 593. The van der Waals surface area contributed by atoms with E-state index < -0.39 is 17.3 Å². The smallest absolute Gasteiger partial charge is 0.361 e. The first-order valence-electron chi connectivity index (χ1n) is 6.62. The normalized spacial score (nSPS) is 24.1. The summed E-state index contributed by atoms with van der Waals surface area (Å²) in [6.45, 7) is 2.44. The van der Waals surface area contributed by atoms with Gasteiger partial charge in [-0.1, -0.05) is 0 Å². The van der Waals surface area contributed by atoms with Crippen molar-refractivity contribution in [3.8, 4) is 5.75 Å². The van der Waals surface area contributed by atoms with Crippen LogP contribution in [0, 0.1) is 5.92 Å². The van der Waals surface area contributed by atoms with Gasteiger partial charge in [0.1, 0.15) is 5.82 Å². The van der Waals surface area contributed by atoms with Crippen molar-refractivity contribution in [2.24, 2.45) is 5.92 Å². The predicted octanol–water partition coefficient (Wildman–Crippen LogP) is 1.02. The largest absolute Gasteiger partial charge is 0.501 e. The van der Waals surface area contributed by atoms with E-state index in [-0.39, 0.29) is 18.2 Å². The minimum Gasteiger partial charge on any atom is -0.501 e. The summed E-state index contributed by atoms with van der Waals surface area (Å²) in [6, 6.07) is 0. The van der Waals surface area contributed by atoms with E-state index in [0.717, 1.165) is 19.3 Å². The lowest BCUT2D eigenvalue weighted by molar-refractivity contribution is 0.0514. The van der Waals surface area contributed by atoms with Gasteiger partial charge in [-0.05, 0) is 32.1 Å². The van der Waals surface area contributed by atoms with Crippen LogP contribution in [-0.4, -0.2) is 27.2 Å². The van der Waals surface area contributed by atoms with Gasteiger partial charge in [0.2, 0.25) is 5.75 Å². The standard InChI is InChI=1S/C13H16N2O4/c1-2-19-13(18)9-10(16)12(17)15-6-7-3-4-8(5-7)11(15)14-9/h7-8,16H,2-6H2,1H3. The maximum absolute atomic E-state index is 12.1. The zero-order valence-corrected chi connectivity index (χ0v) is 10.8. The van der Waals surface area contributed by atoms with Crippen LogP contribution in [0.4, 0.5) is 0 Å².